The highest BCUT2D eigenvalue weighted by atomic mass is 35.5. The molecule has 0 aromatic carbocycles. The Balaban J connectivity index is 1.91. The highest BCUT2D eigenvalue weighted by Gasteiger charge is 2.52. The van der Waals surface area contributed by atoms with Crippen LogP contribution in [0.4, 0.5) is 0 Å². The summed E-state index contributed by atoms with van der Waals surface area (Å²) in [6.45, 7) is 6.19. The molecule has 1 amide bonds. The topological polar surface area (TPSA) is 20.3 Å². The zero-order valence-electron chi connectivity index (χ0n) is 9.63. The number of piperidine rings is 1. The Bertz CT molecular complexity index is 264. The van der Waals surface area contributed by atoms with Crippen molar-refractivity contribution in [1.29, 1.82) is 0 Å². The molecule has 1 heterocycles. The number of amides is 1. The van der Waals surface area contributed by atoms with Gasteiger partial charge in [-0.15, -0.1) is 11.6 Å². The minimum Gasteiger partial charge on any atom is -0.342 e. The first-order valence-electron chi connectivity index (χ1n) is 5.89. The van der Waals surface area contributed by atoms with Crippen LogP contribution in [0.15, 0.2) is 0 Å². The average Bonchev–Trinajstić information content (AvgIpc) is 2.87. The van der Waals surface area contributed by atoms with Crippen LogP contribution in [0.3, 0.4) is 0 Å². The van der Waals surface area contributed by atoms with Crippen molar-refractivity contribution in [3.05, 3.63) is 0 Å². The van der Waals surface area contributed by atoms with Crippen LogP contribution in [0.25, 0.3) is 0 Å². The fourth-order valence-electron chi connectivity index (χ4n) is 2.50. The lowest BCUT2D eigenvalue weighted by Gasteiger charge is -2.32. The Hall–Kier alpha value is -0.240. The number of carbonyl (C=O) groups excluding carboxylic acids is 1. The van der Waals surface area contributed by atoms with Crippen LogP contribution in [0.1, 0.15) is 33.1 Å². The molecule has 15 heavy (non-hydrogen) atoms. The van der Waals surface area contributed by atoms with Crippen molar-refractivity contribution in [3.8, 4) is 0 Å². The second-order valence-corrected chi connectivity index (χ2v) is 6.00. The highest BCUT2D eigenvalue weighted by molar-refractivity contribution is 6.18. The number of halogens is 1. The van der Waals surface area contributed by atoms with Crippen LogP contribution >= 0.6 is 11.6 Å². The second-order valence-electron chi connectivity index (χ2n) is 5.69. The largest absolute Gasteiger partial charge is 0.342 e. The van der Waals surface area contributed by atoms with E-state index in [0.29, 0.717) is 17.7 Å². The summed E-state index contributed by atoms with van der Waals surface area (Å²) in [4.78, 5) is 14.2. The van der Waals surface area contributed by atoms with E-state index >= 15 is 0 Å². The molecule has 2 unspecified atom stereocenters. The van der Waals surface area contributed by atoms with Gasteiger partial charge in [0.15, 0.2) is 0 Å². The molecular formula is C12H20ClNO. The molecule has 1 aliphatic heterocycles. The fraction of sp³-hybridized carbons (Fsp3) is 0.917. The normalized spacial score (nSPS) is 33.9. The van der Waals surface area contributed by atoms with E-state index in [1.165, 1.54) is 6.42 Å². The first-order valence-corrected chi connectivity index (χ1v) is 6.43. The summed E-state index contributed by atoms with van der Waals surface area (Å²) in [5.41, 5.74) is 0.255. The minimum atomic E-state index is 0.255. The minimum absolute atomic E-state index is 0.255. The summed E-state index contributed by atoms with van der Waals surface area (Å²) in [6, 6.07) is 0. The van der Waals surface area contributed by atoms with E-state index in [1.807, 2.05) is 4.90 Å². The van der Waals surface area contributed by atoms with Gasteiger partial charge in [-0.3, -0.25) is 4.79 Å². The van der Waals surface area contributed by atoms with Gasteiger partial charge in [-0.1, -0.05) is 13.8 Å². The smallest absolute Gasteiger partial charge is 0.226 e. The van der Waals surface area contributed by atoms with Crippen LogP contribution in [0, 0.1) is 17.3 Å². The van der Waals surface area contributed by atoms with Gasteiger partial charge in [0, 0.05) is 24.9 Å². The van der Waals surface area contributed by atoms with Gasteiger partial charge in [0.2, 0.25) is 5.91 Å². The Kier molecular flexibility index (Phi) is 2.98. The molecule has 0 spiro atoms. The van der Waals surface area contributed by atoms with Crippen molar-refractivity contribution in [2.45, 2.75) is 33.1 Å². The lowest BCUT2D eigenvalue weighted by atomic mass is 9.99. The maximum absolute atomic E-state index is 12.1. The number of rotatable bonds is 2. The molecular weight excluding hydrogens is 210 g/mol. The molecule has 2 rings (SSSR count). The third-order valence-corrected chi connectivity index (χ3v) is 4.30. The molecule has 2 atom stereocenters. The van der Waals surface area contributed by atoms with Gasteiger partial charge in [0.05, 0.1) is 0 Å². The molecule has 3 heteroatoms. The molecule has 86 valence electrons. The number of carbonyl (C=O) groups is 1. The third kappa shape index (κ3) is 2.30. The maximum atomic E-state index is 12.1. The predicted molar refractivity (Wildman–Crippen MR) is 61.9 cm³/mol. The molecule has 0 aromatic heterocycles. The van der Waals surface area contributed by atoms with Crippen molar-refractivity contribution in [1.82, 2.24) is 4.90 Å². The quantitative estimate of drug-likeness (QED) is 0.667. The van der Waals surface area contributed by atoms with Crippen molar-refractivity contribution >= 4 is 17.5 Å². The van der Waals surface area contributed by atoms with Gasteiger partial charge in [0.1, 0.15) is 0 Å². The SMILES string of the molecule is CC1(C)CC1C(=O)N1CCCC(CCl)C1. The van der Waals surface area contributed by atoms with E-state index in [2.05, 4.69) is 13.8 Å². The molecule has 2 nitrogen and oxygen atoms in total. The summed E-state index contributed by atoms with van der Waals surface area (Å²) >= 11 is 5.86. The Labute approximate surface area is 97.0 Å². The molecule has 0 bridgehead atoms. The average molecular weight is 230 g/mol. The Morgan fingerprint density at radius 1 is 1.53 bits per heavy atom. The van der Waals surface area contributed by atoms with Gasteiger partial charge >= 0.3 is 0 Å². The molecule has 1 saturated heterocycles. The first kappa shape index (κ1) is 11.3. The number of hydrogen-bond acceptors (Lipinski definition) is 1. The summed E-state index contributed by atoms with van der Waals surface area (Å²) in [5, 5.41) is 0. The maximum Gasteiger partial charge on any atom is 0.226 e. The number of nitrogens with zero attached hydrogens (tertiary/aromatic N) is 1. The number of likely N-dealkylation sites (tertiary alicyclic amines) is 1. The standard InChI is InChI=1S/C12H20ClNO/c1-12(2)6-10(12)11(15)14-5-3-4-9(7-13)8-14/h9-10H,3-8H2,1-2H3. The van der Waals surface area contributed by atoms with Crippen LogP contribution < -0.4 is 0 Å². The van der Waals surface area contributed by atoms with Gasteiger partial charge in [-0.05, 0) is 30.6 Å². The van der Waals surface area contributed by atoms with Crippen LogP contribution in [0.5, 0.6) is 0 Å². The van der Waals surface area contributed by atoms with Crippen molar-refractivity contribution in [3.63, 3.8) is 0 Å². The van der Waals surface area contributed by atoms with Crippen molar-refractivity contribution in [2.75, 3.05) is 19.0 Å². The van der Waals surface area contributed by atoms with E-state index in [4.69, 9.17) is 11.6 Å². The molecule has 1 saturated carbocycles. The second kappa shape index (κ2) is 3.97. The monoisotopic (exact) mass is 229 g/mol. The zero-order chi connectivity index (χ0) is 11.1. The Morgan fingerprint density at radius 3 is 2.73 bits per heavy atom. The Morgan fingerprint density at radius 2 is 2.20 bits per heavy atom. The van der Waals surface area contributed by atoms with Crippen LogP contribution in [0.2, 0.25) is 0 Å². The van der Waals surface area contributed by atoms with E-state index < -0.39 is 0 Å². The van der Waals surface area contributed by atoms with E-state index in [1.54, 1.807) is 0 Å². The summed E-state index contributed by atoms with van der Waals surface area (Å²) in [5.74, 6) is 1.87. The van der Waals surface area contributed by atoms with Crippen molar-refractivity contribution in [2.24, 2.45) is 17.3 Å². The van der Waals surface area contributed by atoms with E-state index in [9.17, 15) is 4.79 Å². The number of hydrogen-bond donors (Lipinski definition) is 0. The summed E-state index contributed by atoms with van der Waals surface area (Å²) < 4.78 is 0. The third-order valence-electron chi connectivity index (χ3n) is 3.86. The zero-order valence-corrected chi connectivity index (χ0v) is 10.4. The molecule has 2 aliphatic rings. The molecule has 2 fully saturated rings. The van der Waals surface area contributed by atoms with Gasteiger partial charge < -0.3 is 4.90 Å². The highest BCUT2D eigenvalue weighted by Crippen LogP contribution is 2.52. The summed E-state index contributed by atoms with van der Waals surface area (Å²) in [6.07, 6.45) is 3.37. The lowest BCUT2D eigenvalue weighted by molar-refractivity contribution is -0.135. The molecule has 1 aliphatic carbocycles. The van der Waals surface area contributed by atoms with Crippen molar-refractivity contribution < 1.29 is 4.79 Å². The lowest BCUT2D eigenvalue weighted by Crippen LogP contribution is -2.41. The van der Waals surface area contributed by atoms with E-state index in [0.717, 1.165) is 25.9 Å². The van der Waals surface area contributed by atoms with E-state index in [-0.39, 0.29) is 11.3 Å². The van der Waals surface area contributed by atoms with Gasteiger partial charge in [-0.25, -0.2) is 0 Å². The van der Waals surface area contributed by atoms with Crippen LogP contribution in [-0.4, -0.2) is 29.8 Å². The van der Waals surface area contributed by atoms with Crippen LogP contribution in [-0.2, 0) is 4.79 Å². The number of alkyl halides is 1. The van der Waals surface area contributed by atoms with Gasteiger partial charge in [0.25, 0.3) is 0 Å². The predicted octanol–water partition coefficient (Wildman–Crippen LogP) is 2.51. The van der Waals surface area contributed by atoms with Gasteiger partial charge in [-0.2, -0.15) is 0 Å². The summed E-state index contributed by atoms with van der Waals surface area (Å²) in [7, 11) is 0. The first-order chi connectivity index (χ1) is 7.04. The fourth-order valence-corrected chi connectivity index (χ4v) is 2.75. The molecule has 0 radical (unpaired) electrons. The molecule has 0 N–H and O–H groups in total. The molecule has 0 aromatic rings.